The van der Waals surface area contributed by atoms with Crippen LogP contribution in [-0.2, 0) is 6.54 Å². The van der Waals surface area contributed by atoms with Crippen molar-refractivity contribution in [3.8, 4) is 5.88 Å². The third-order valence-electron chi connectivity index (χ3n) is 3.11. The number of nitrogens with zero attached hydrogens (tertiary/aromatic N) is 2. The molecule has 5 nitrogen and oxygen atoms in total. The van der Waals surface area contributed by atoms with Crippen molar-refractivity contribution >= 4 is 11.6 Å². The maximum atomic E-state index is 5.91. The summed E-state index contributed by atoms with van der Waals surface area (Å²) in [4.78, 5) is 8.74. The minimum atomic E-state index is 0.0864. The molecule has 1 aromatic heterocycles. The first-order valence-corrected chi connectivity index (χ1v) is 7.06. The van der Waals surface area contributed by atoms with Crippen LogP contribution in [0.5, 0.6) is 5.88 Å². The molecule has 0 atom stereocenters. The van der Waals surface area contributed by atoms with Gasteiger partial charge >= 0.3 is 0 Å². The van der Waals surface area contributed by atoms with Crippen LogP contribution in [0.3, 0.4) is 0 Å². The summed E-state index contributed by atoms with van der Waals surface area (Å²) in [6.45, 7) is 8.51. The number of anilines is 2. The number of ether oxygens (including phenoxy) is 1. The molecule has 2 rings (SSSR count). The van der Waals surface area contributed by atoms with E-state index in [1.54, 1.807) is 0 Å². The topological polar surface area (TPSA) is 73.1 Å². The first-order valence-electron chi connectivity index (χ1n) is 7.06. The molecule has 0 aliphatic heterocycles. The van der Waals surface area contributed by atoms with E-state index in [2.05, 4.69) is 15.3 Å². The van der Waals surface area contributed by atoms with E-state index < -0.39 is 0 Å². The van der Waals surface area contributed by atoms with E-state index in [-0.39, 0.29) is 6.10 Å². The van der Waals surface area contributed by atoms with Crippen molar-refractivity contribution < 1.29 is 4.74 Å². The zero-order valence-corrected chi connectivity index (χ0v) is 13.0. The second-order valence-corrected chi connectivity index (χ2v) is 5.32. The van der Waals surface area contributed by atoms with Crippen molar-refractivity contribution in [2.24, 2.45) is 0 Å². The number of nitrogen functional groups attached to an aromatic ring is 1. The summed E-state index contributed by atoms with van der Waals surface area (Å²) < 4.78 is 5.62. The third-order valence-corrected chi connectivity index (χ3v) is 3.11. The van der Waals surface area contributed by atoms with Gasteiger partial charge in [0.25, 0.3) is 0 Å². The number of aromatic nitrogens is 2. The van der Waals surface area contributed by atoms with Gasteiger partial charge in [-0.25, -0.2) is 4.98 Å². The van der Waals surface area contributed by atoms with Crippen LogP contribution in [0.4, 0.5) is 11.6 Å². The van der Waals surface area contributed by atoms with Crippen molar-refractivity contribution in [3.05, 3.63) is 41.1 Å². The molecule has 0 radical (unpaired) electrons. The summed E-state index contributed by atoms with van der Waals surface area (Å²) in [7, 11) is 0. The molecule has 1 aromatic carbocycles. The van der Waals surface area contributed by atoms with Crippen molar-refractivity contribution in [2.75, 3.05) is 11.1 Å². The van der Waals surface area contributed by atoms with Crippen LogP contribution in [0.1, 0.15) is 30.7 Å². The lowest BCUT2D eigenvalue weighted by atomic mass is 10.1. The van der Waals surface area contributed by atoms with Gasteiger partial charge in [-0.15, -0.1) is 0 Å². The molecule has 0 amide bonds. The normalized spacial score (nSPS) is 10.7. The van der Waals surface area contributed by atoms with Crippen LogP contribution < -0.4 is 15.8 Å². The molecule has 112 valence electrons. The highest BCUT2D eigenvalue weighted by Gasteiger charge is 2.06. The molecule has 2 aromatic rings. The van der Waals surface area contributed by atoms with Crippen molar-refractivity contribution in [1.29, 1.82) is 0 Å². The highest BCUT2D eigenvalue weighted by Crippen LogP contribution is 2.18. The molecule has 1 heterocycles. The maximum absolute atomic E-state index is 5.91. The van der Waals surface area contributed by atoms with Crippen molar-refractivity contribution in [2.45, 2.75) is 40.3 Å². The van der Waals surface area contributed by atoms with Crippen molar-refractivity contribution in [3.63, 3.8) is 0 Å². The second kappa shape index (κ2) is 6.43. The molecule has 21 heavy (non-hydrogen) atoms. The lowest BCUT2D eigenvalue weighted by molar-refractivity contribution is 0.232. The molecular formula is C16H22N4O. The minimum Gasteiger partial charge on any atom is -0.475 e. The fourth-order valence-electron chi connectivity index (χ4n) is 1.99. The Bertz CT molecular complexity index is 626. The molecule has 0 spiro atoms. The van der Waals surface area contributed by atoms with E-state index >= 15 is 0 Å². The molecule has 0 unspecified atom stereocenters. The van der Waals surface area contributed by atoms with Gasteiger partial charge in [0.2, 0.25) is 11.8 Å². The summed E-state index contributed by atoms with van der Waals surface area (Å²) in [5.41, 5.74) is 9.79. The Kier molecular flexibility index (Phi) is 4.62. The van der Waals surface area contributed by atoms with Crippen LogP contribution in [0.15, 0.2) is 24.3 Å². The van der Waals surface area contributed by atoms with Gasteiger partial charge in [-0.3, -0.25) is 0 Å². The molecule has 0 fully saturated rings. The van der Waals surface area contributed by atoms with Gasteiger partial charge in [0.15, 0.2) is 0 Å². The number of rotatable bonds is 5. The SMILES string of the molecule is Cc1cc(OC(C)C)nc(NCc2cccc(N)c2C)n1. The fourth-order valence-corrected chi connectivity index (χ4v) is 1.99. The van der Waals surface area contributed by atoms with Crippen LogP contribution in [0.25, 0.3) is 0 Å². The summed E-state index contributed by atoms with van der Waals surface area (Å²) in [5.74, 6) is 1.15. The minimum absolute atomic E-state index is 0.0864. The van der Waals surface area contributed by atoms with Crippen LogP contribution in [0, 0.1) is 13.8 Å². The zero-order valence-electron chi connectivity index (χ0n) is 13.0. The molecule has 0 bridgehead atoms. The van der Waals surface area contributed by atoms with Gasteiger partial charge in [0.1, 0.15) is 0 Å². The Hall–Kier alpha value is -2.30. The maximum Gasteiger partial charge on any atom is 0.226 e. The zero-order chi connectivity index (χ0) is 15.4. The summed E-state index contributed by atoms with van der Waals surface area (Å²) in [5, 5.41) is 3.23. The van der Waals surface area contributed by atoms with Crippen LogP contribution >= 0.6 is 0 Å². The Morgan fingerprint density at radius 2 is 2.00 bits per heavy atom. The smallest absolute Gasteiger partial charge is 0.226 e. The number of benzene rings is 1. The van der Waals surface area contributed by atoms with Crippen LogP contribution in [-0.4, -0.2) is 16.1 Å². The summed E-state index contributed by atoms with van der Waals surface area (Å²) >= 11 is 0. The van der Waals surface area contributed by atoms with Gasteiger partial charge in [-0.2, -0.15) is 4.98 Å². The Morgan fingerprint density at radius 3 is 2.71 bits per heavy atom. The molecule has 0 aliphatic carbocycles. The average molecular weight is 286 g/mol. The second-order valence-electron chi connectivity index (χ2n) is 5.32. The highest BCUT2D eigenvalue weighted by molar-refractivity contribution is 5.50. The van der Waals surface area contributed by atoms with Crippen LogP contribution in [0.2, 0.25) is 0 Å². The first-order chi connectivity index (χ1) is 9.95. The van der Waals surface area contributed by atoms with Gasteiger partial charge in [0, 0.05) is 24.0 Å². The van der Waals surface area contributed by atoms with E-state index in [1.807, 2.05) is 52.0 Å². The highest BCUT2D eigenvalue weighted by atomic mass is 16.5. The van der Waals surface area contributed by atoms with E-state index in [1.165, 1.54) is 0 Å². The van der Waals surface area contributed by atoms with E-state index in [9.17, 15) is 0 Å². The molecule has 3 N–H and O–H groups in total. The van der Waals surface area contributed by atoms with Crippen molar-refractivity contribution in [1.82, 2.24) is 9.97 Å². The number of hydrogen-bond acceptors (Lipinski definition) is 5. The van der Waals surface area contributed by atoms with Gasteiger partial charge in [-0.1, -0.05) is 12.1 Å². The number of aryl methyl sites for hydroxylation is 1. The standard InChI is InChI=1S/C16H22N4O/c1-10(2)21-15-8-11(3)19-16(20-15)18-9-13-6-5-7-14(17)12(13)4/h5-8,10H,9,17H2,1-4H3,(H,18,19,20). The molecule has 0 saturated carbocycles. The molecule has 5 heteroatoms. The lowest BCUT2D eigenvalue weighted by Gasteiger charge is -2.12. The Morgan fingerprint density at radius 1 is 1.24 bits per heavy atom. The largest absolute Gasteiger partial charge is 0.475 e. The summed E-state index contributed by atoms with van der Waals surface area (Å²) in [6, 6.07) is 7.72. The quantitative estimate of drug-likeness (QED) is 0.826. The van der Waals surface area contributed by atoms with E-state index in [0.717, 1.165) is 22.5 Å². The molecular weight excluding hydrogens is 264 g/mol. The van der Waals surface area contributed by atoms with E-state index in [0.29, 0.717) is 18.4 Å². The molecule has 0 saturated heterocycles. The number of nitrogens with one attached hydrogen (secondary N) is 1. The third kappa shape index (κ3) is 4.08. The number of hydrogen-bond donors (Lipinski definition) is 2. The monoisotopic (exact) mass is 286 g/mol. The van der Waals surface area contributed by atoms with Gasteiger partial charge in [-0.05, 0) is 44.9 Å². The lowest BCUT2D eigenvalue weighted by Crippen LogP contribution is -2.10. The Balaban J connectivity index is 2.12. The fraction of sp³-hybridized carbons (Fsp3) is 0.375. The Labute approximate surface area is 125 Å². The predicted molar refractivity (Wildman–Crippen MR) is 85.5 cm³/mol. The van der Waals surface area contributed by atoms with E-state index in [4.69, 9.17) is 10.5 Å². The van der Waals surface area contributed by atoms with Gasteiger partial charge < -0.3 is 15.8 Å². The average Bonchev–Trinajstić information content (AvgIpc) is 2.39. The van der Waals surface area contributed by atoms with Gasteiger partial charge in [0.05, 0.1) is 6.10 Å². The number of nitrogens with two attached hydrogens (primary N) is 1. The first kappa shape index (κ1) is 15.1. The molecule has 0 aliphatic rings. The predicted octanol–water partition coefficient (Wildman–Crippen LogP) is 3.07. The summed E-state index contributed by atoms with van der Waals surface area (Å²) in [6.07, 6.45) is 0.0864.